The van der Waals surface area contributed by atoms with Crippen LogP contribution in [0.3, 0.4) is 0 Å². The van der Waals surface area contributed by atoms with Crippen molar-refractivity contribution >= 4 is 11.4 Å². The normalized spacial score (nSPS) is 15.3. The number of rotatable bonds is 5. The Labute approximate surface area is 125 Å². The lowest BCUT2D eigenvalue weighted by atomic mass is 10.1. The van der Waals surface area contributed by atoms with Crippen molar-refractivity contribution in [2.24, 2.45) is 0 Å². The second-order valence-corrected chi connectivity index (χ2v) is 5.04. The van der Waals surface area contributed by atoms with Crippen LogP contribution >= 0.6 is 0 Å². The summed E-state index contributed by atoms with van der Waals surface area (Å²) < 4.78 is 5.73. The topological polar surface area (TPSA) is 42.2 Å². The van der Waals surface area contributed by atoms with Gasteiger partial charge in [-0.05, 0) is 44.9 Å². The van der Waals surface area contributed by atoms with Gasteiger partial charge in [0.1, 0.15) is 5.76 Å². The molecule has 1 aromatic rings. The van der Waals surface area contributed by atoms with Gasteiger partial charge in [-0.25, -0.2) is 0 Å². The number of Topliss-reactive ketones (excluding diaryl/α,β-unsaturated/α-hetero) is 1. The minimum absolute atomic E-state index is 0.0450. The molecule has 3 nitrogen and oxygen atoms in total. The molecular weight excluding hydrogens is 262 g/mol. The number of furan rings is 1. The standard InChI is InChI=1S/C18H21NO2/c1-4-14(3)19-12-16(20)18-11-10-17(21-18)15-9-7-5-6-8-13(15)2/h4-6,8-11,19H,7,12H2,1-3H3/b14-4+. The van der Waals surface area contributed by atoms with E-state index in [2.05, 4.69) is 23.5 Å². The number of nitrogens with one attached hydrogen (secondary N) is 1. The van der Waals surface area contributed by atoms with Crippen molar-refractivity contribution in [2.75, 3.05) is 6.54 Å². The summed E-state index contributed by atoms with van der Waals surface area (Å²) in [4.78, 5) is 12.1. The average molecular weight is 283 g/mol. The van der Waals surface area contributed by atoms with E-state index >= 15 is 0 Å². The van der Waals surface area contributed by atoms with E-state index in [1.165, 1.54) is 0 Å². The molecule has 0 atom stereocenters. The molecule has 0 aromatic carbocycles. The lowest BCUT2D eigenvalue weighted by Crippen LogP contribution is -2.20. The summed E-state index contributed by atoms with van der Waals surface area (Å²) >= 11 is 0. The molecule has 2 rings (SSSR count). The molecular formula is C18H21NO2. The number of allylic oxidation sites excluding steroid dienone is 8. The minimum Gasteiger partial charge on any atom is -0.453 e. The van der Waals surface area contributed by atoms with E-state index in [1.807, 2.05) is 39.0 Å². The van der Waals surface area contributed by atoms with Gasteiger partial charge in [0, 0.05) is 11.3 Å². The zero-order valence-electron chi connectivity index (χ0n) is 12.8. The first-order valence-corrected chi connectivity index (χ1v) is 7.16. The molecule has 0 saturated heterocycles. The minimum atomic E-state index is -0.0450. The molecule has 3 heteroatoms. The van der Waals surface area contributed by atoms with Crippen LogP contribution in [-0.4, -0.2) is 12.3 Å². The van der Waals surface area contributed by atoms with Crippen molar-refractivity contribution in [3.05, 3.63) is 65.3 Å². The van der Waals surface area contributed by atoms with E-state index in [9.17, 15) is 4.79 Å². The van der Waals surface area contributed by atoms with Crippen LogP contribution in [0.4, 0.5) is 0 Å². The summed E-state index contributed by atoms with van der Waals surface area (Å²) in [6.45, 7) is 6.15. The van der Waals surface area contributed by atoms with E-state index < -0.39 is 0 Å². The number of ketones is 1. The summed E-state index contributed by atoms with van der Waals surface area (Å²) in [5.74, 6) is 1.10. The molecule has 1 heterocycles. The van der Waals surface area contributed by atoms with E-state index in [0.717, 1.165) is 29.0 Å². The molecule has 0 spiro atoms. The zero-order valence-corrected chi connectivity index (χ0v) is 12.8. The monoisotopic (exact) mass is 283 g/mol. The first-order valence-electron chi connectivity index (χ1n) is 7.16. The van der Waals surface area contributed by atoms with Crippen LogP contribution in [-0.2, 0) is 0 Å². The van der Waals surface area contributed by atoms with E-state index in [4.69, 9.17) is 4.42 Å². The Kier molecular flexibility index (Phi) is 4.99. The molecule has 0 unspecified atom stereocenters. The van der Waals surface area contributed by atoms with Crippen molar-refractivity contribution in [2.45, 2.75) is 27.2 Å². The Morgan fingerprint density at radius 2 is 2.24 bits per heavy atom. The molecule has 1 aliphatic rings. The van der Waals surface area contributed by atoms with Crippen LogP contribution in [0.1, 0.15) is 43.5 Å². The van der Waals surface area contributed by atoms with Gasteiger partial charge >= 0.3 is 0 Å². The number of hydrogen-bond donors (Lipinski definition) is 1. The lowest BCUT2D eigenvalue weighted by molar-refractivity contribution is 0.0967. The third-order valence-corrected chi connectivity index (χ3v) is 3.47. The molecule has 0 bridgehead atoms. The van der Waals surface area contributed by atoms with Gasteiger partial charge in [0.05, 0.1) is 6.54 Å². The zero-order chi connectivity index (χ0) is 15.2. The van der Waals surface area contributed by atoms with Crippen molar-refractivity contribution in [1.82, 2.24) is 5.32 Å². The highest BCUT2D eigenvalue weighted by Gasteiger charge is 2.14. The summed E-state index contributed by atoms with van der Waals surface area (Å²) in [7, 11) is 0. The van der Waals surface area contributed by atoms with Crippen molar-refractivity contribution in [3.63, 3.8) is 0 Å². The fourth-order valence-corrected chi connectivity index (χ4v) is 2.06. The molecule has 0 amide bonds. The molecule has 21 heavy (non-hydrogen) atoms. The fraction of sp³-hybridized carbons (Fsp3) is 0.278. The summed E-state index contributed by atoms with van der Waals surface area (Å²) in [5, 5.41) is 3.05. The van der Waals surface area contributed by atoms with Gasteiger partial charge in [0.15, 0.2) is 5.76 Å². The molecule has 1 aliphatic carbocycles. The first kappa shape index (κ1) is 15.1. The first-order chi connectivity index (χ1) is 10.1. The molecule has 110 valence electrons. The maximum atomic E-state index is 12.1. The molecule has 0 aliphatic heterocycles. The maximum Gasteiger partial charge on any atom is 0.216 e. The summed E-state index contributed by atoms with van der Waals surface area (Å²) in [5.41, 5.74) is 3.17. The molecule has 0 fully saturated rings. The highest BCUT2D eigenvalue weighted by atomic mass is 16.3. The Morgan fingerprint density at radius 1 is 1.43 bits per heavy atom. The second kappa shape index (κ2) is 6.93. The van der Waals surface area contributed by atoms with Crippen LogP contribution < -0.4 is 5.32 Å². The number of carbonyl (C=O) groups excluding carboxylic acids is 1. The van der Waals surface area contributed by atoms with Gasteiger partial charge in [-0.15, -0.1) is 0 Å². The molecule has 1 aromatic heterocycles. The van der Waals surface area contributed by atoms with Gasteiger partial charge in [0.25, 0.3) is 0 Å². The number of hydrogen-bond acceptors (Lipinski definition) is 3. The average Bonchev–Trinajstić information content (AvgIpc) is 2.87. The second-order valence-electron chi connectivity index (χ2n) is 5.04. The van der Waals surface area contributed by atoms with Crippen LogP contribution in [0.2, 0.25) is 0 Å². The Bertz CT molecular complexity index is 642. The SMILES string of the molecule is C/C=C(\C)NCC(=O)c1ccc(C2=CCC=CC=C2C)o1. The summed E-state index contributed by atoms with van der Waals surface area (Å²) in [6.07, 6.45) is 11.1. The van der Waals surface area contributed by atoms with Crippen molar-refractivity contribution < 1.29 is 9.21 Å². The van der Waals surface area contributed by atoms with E-state index in [1.54, 1.807) is 6.07 Å². The third kappa shape index (κ3) is 3.85. The fourth-order valence-electron chi connectivity index (χ4n) is 2.06. The van der Waals surface area contributed by atoms with Gasteiger partial charge in [-0.3, -0.25) is 4.79 Å². The quantitative estimate of drug-likeness (QED) is 0.821. The van der Waals surface area contributed by atoms with Crippen LogP contribution in [0.15, 0.2) is 58.2 Å². The Hall–Kier alpha value is -2.29. The molecule has 1 N–H and O–H groups in total. The third-order valence-electron chi connectivity index (χ3n) is 3.47. The van der Waals surface area contributed by atoms with Crippen molar-refractivity contribution in [1.29, 1.82) is 0 Å². The van der Waals surface area contributed by atoms with Crippen LogP contribution in [0.25, 0.3) is 5.57 Å². The smallest absolute Gasteiger partial charge is 0.216 e. The van der Waals surface area contributed by atoms with Crippen LogP contribution in [0.5, 0.6) is 0 Å². The van der Waals surface area contributed by atoms with E-state index in [-0.39, 0.29) is 12.3 Å². The Morgan fingerprint density at radius 3 is 3.00 bits per heavy atom. The highest BCUT2D eigenvalue weighted by Crippen LogP contribution is 2.27. The Balaban J connectivity index is 2.11. The number of carbonyl (C=O) groups is 1. The summed E-state index contributed by atoms with van der Waals surface area (Å²) in [6, 6.07) is 3.61. The van der Waals surface area contributed by atoms with Crippen LogP contribution in [0, 0.1) is 0 Å². The van der Waals surface area contributed by atoms with Gasteiger partial charge in [-0.2, -0.15) is 0 Å². The maximum absolute atomic E-state index is 12.1. The van der Waals surface area contributed by atoms with Crippen molar-refractivity contribution in [3.8, 4) is 0 Å². The largest absolute Gasteiger partial charge is 0.453 e. The predicted molar refractivity (Wildman–Crippen MR) is 86.0 cm³/mol. The van der Waals surface area contributed by atoms with Gasteiger partial charge in [0.2, 0.25) is 5.78 Å². The molecule has 0 radical (unpaired) electrons. The van der Waals surface area contributed by atoms with Gasteiger partial charge < -0.3 is 9.73 Å². The molecule has 0 saturated carbocycles. The highest BCUT2D eigenvalue weighted by molar-refractivity contribution is 5.95. The van der Waals surface area contributed by atoms with Gasteiger partial charge in [-0.1, -0.05) is 30.4 Å². The predicted octanol–water partition coefficient (Wildman–Crippen LogP) is 4.27. The van der Waals surface area contributed by atoms with E-state index in [0.29, 0.717) is 5.76 Å². The lowest BCUT2D eigenvalue weighted by Gasteiger charge is -2.05.